The number of thioether (sulfide) groups is 2. The Morgan fingerprint density at radius 1 is 1.11 bits per heavy atom. The average molecular weight is 549 g/mol. The number of halogens is 1. The van der Waals surface area contributed by atoms with Crippen molar-refractivity contribution >= 4 is 74.2 Å². The maximum absolute atomic E-state index is 12.3. The van der Waals surface area contributed by atoms with Crippen LogP contribution in [0.2, 0.25) is 5.02 Å². The van der Waals surface area contributed by atoms with Crippen molar-refractivity contribution in [1.29, 1.82) is 0 Å². The number of aromatic nitrogens is 4. The first-order valence-corrected chi connectivity index (χ1v) is 13.6. The third-order valence-corrected chi connectivity index (χ3v) is 7.94. The van der Waals surface area contributed by atoms with Crippen LogP contribution in [0.3, 0.4) is 0 Å². The molecule has 9 nitrogen and oxygen atoms in total. The summed E-state index contributed by atoms with van der Waals surface area (Å²) in [7, 11) is 1.83. The second kappa shape index (κ2) is 12.2. The minimum atomic E-state index is -0.131. The Morgan fingerprint density at radius 2 is 1.91 bits per heavy atom. The van der Waals surface area contributed by atoms with E-state index in [0.717, 1.165) is 14.6 Å². The van der Waals surface area contributed by atoms with Gasteiger partial charge >= 0.3 is 0 Å². The van der Waals surface area contributed by atoms with E-state index in [0.29, 0.717) is 34.8 Å². The van der Waals surface area contributed by atoms with Gasteiger partial charge in [0.2, 0.25) is 11.8 Å². The number of carbonyl (C=O) groups excluding carboxylic acids is 2. The van der Waals surface area contributed by atoms with E-state index in [2.05, 4.69) is 25.8 Å². The molecule has 4 aromatic rings. The second-order valence-electron chi connectivity index (χ2n) is 7.16. The Balaban J connectivity index is 1.20. The van der Waals surface area contributed by atoms with E-state index in [1.165, 1.54) is 34.9 Å². The van der Waals surface area contributed by atoms with E-state index >= 15 is 0 Å². The van der Waals surface area contributed by atoms with Crippen LogP contribution in [0.15, 0.2) is 58.3 Å². The van der Waals surface area contributed by atoms with Gasteiger partial charge in [0.05, 0.1) is 28.3 Å². The van der Waals surface area contributed by atoms with Crippen molar-refractivity contribution in [3.63, 3.8) is 0 Å². The van der Waals surface area contributed by atoms with Gasteiger partial charge < -0.3 is 19.9 Å². The van der Waals surface area contributed by atoms with E-state index in [1.54, 1.807) is 35.2 Å². The summed E-state index contributed by atoms with van der Waals surface area (Å²) < 4.78 is 9.04. The van der Waals surface area contributed by atoms with Crippen molar-refractivity contribution in [3.05, 3.63) is 53.8 Å². The normalized spacial score (nSPS) is 10.9. The third-order valence-electron chi connectivity index (χ3n) is 4.49. The van der Waals surface area contributed by atoms with Crippen molar-refractivity contribution in [2.24, 2.45) is 7.05 Å². The lowest BCUT2D eigenvalue weighted by Crippen LogP contribution is -2.29. The molecule has 0 aliphatic heterocycles. The van der Waals surface area contributed by atoms with Crippen LogP contribution in [0.1, 0.15) is 0 Å². The number of anilines is 1. The summed E-state index contributed by atoms with van der Waals surface area (Å²) >= 11 is 10.0. The maximum Gasteiger partial charge on any atom is 0.234 e. The number of thiazole rings is 1. The van der Waals surface area contributed by atoms with Gasteiger partial charge in [0.15, 0.2) is 9.50 Å². The van der Waals surface area contributed by atoms with Crippen LogP contribution in [-0.2, 0) is 16.6 Å². The van der Waals surface area contributed by atoms with Crippen molar-refractivity contribution in [1.82, 2.24) is 25.1 Å². The number of amides is 2. The summed E-state index contributed by atoms with van der Waals surface area (Å²) in [6.45, 7) is 0.768. The molecule has 0 unspecified atom stereocenters. The van der Waals surface area contributed by atoms with Crippen LogP contribution in [0.25, 0.3) is 10.2 Å². The summed E-state index contributed by atoms with van der Waals surface area (Å²) in [5.41, 5.74) is 1.51. The Labute approximate surface area is 219 Å². The third kappa shape index (κ3) is 7.59. The van der Waals surface area contributed by atoms with Crippen LogP contribution >= 0.6 is 46.5 Å². The van der Waals surface area contributed by atoms with Crippen LogP contribution in [0.5, 0.6) is 5.75 Å². The molecule has 0 atom stereocenters. The Bertz CT molecular complexity index is 1310. The predicted octanol–water partition coefficient (Wildman–Crippen LogP) is 4.10. The fraction of sp³-hybridized carbons (Fsp3) is 0.227. The van der Waals surface area contributed by atoms with Gasteiger partial charge in [-0.1, -0.05) is 35.1 Å². The van der Waals surface area contributed by atoms with Crippen LogP contribution in [0, 0.1) is 0 Å². The molecule has 2 aromatic heterocycles. The number of fused-ring (bicyclic) bond motifs is 1. The van der Waals surface area contributed by atoms with Gasteiger partial charge in [0.25, 0.3) is 0 Å². The fourth-order valence-corrected chi connectivity index (χ4v) is 5.59. The first kappa shape index (κ1) is 25.3. The number of aryl methyl sites for hydroxylation is 1. The van der Waals surface area contributed by atoms with Gasteiger partial charge in [0.1, 0.15) is 18.7 Å². The minimum absolute atomic E-state index is 0.0951. The van der Waals surface area contributed by atoms with Gasteiger partial charge in [-0.2, -0.15) is 0 Å². The number of benzene rings is 2. The van der Waals surface area contributed by atoms with Gasteiger partial charge in [0, 0.05) is 17.8 Å². The summed E-state index contributed by atoms with van der Waals surface area (Å²) in [5, 5.41) is 14.8. The number of nitrogens with zero attached hydrogens (tertiary/aromatic N) is 4. The molecule has 182 valence electrons. The van der Waals surface area contributed by atoms with Gasteiger partial charge in [-0.25, -0.2) is 4.98 Å². The lowest BCUT2D eigenvalue weighted by Gasteiger charge is -2.07. The molecule has 4 rings (SSSR count). The molecule has 35 heavy (non-hydrogen) atoms. The zero-order valence-corrected chi connectivity index (χ0v) is 21.8. The monoisotopic (exact) mass is 548 g/mol. The molecule has 0 radical (unpaired) electrons. The van der Waals surface area contributed by atoms with E-state index in [4.69, 9.17) is 16.3 Å². The molecular weight excluding hydrogens is 528 g/mol. The lowest BCUT2D eigenvalue weighted by atomic mass is 10.3. The van der Waals surface area contributed by atoms with Crippen molar-refractivity contribution in [2.45, 2.75) is 9.50 Å². The average Bonchev–Trinajstić information content (AvgIpc) is 3.45. The quantitative estimate of drug-likeness (QED) is 0.213. The second-order valence-corrected chi connectivity index (χ2v) is 10.8. The standard InChI is InChI=1S/C22H21ClN6O3S3/c1-29-13-25-28-21(29)33-12-20(31)26-15-4-7-17-18(10-15)35-22(27-17)34-11-19(30)24-8-9-32-16-5-2-14(23)3-6-16/h2-7,10,13H,8-9,11-12H2,1H3,(H,24,30)(H,26,31). The van der Waals surface area contributed by atoms with Crippen molar-refractivity contribution in [3.8, 4) is 5.75 Å². The molecule has 0 saturated carbocycles. The molecule has 0 spiro atoms. The first-order chi connectivity index (χ1) is 17.0. The highest BCUT2D eigenvalue weighted by molar-refractivity contribution is 8.01. The molecule has 0 bridgehead atoms. The molecule has 0 aliphatic rings. The van der Waals surface area contributed by atoms with Crippen LogP contribution in [-0.4, -0.2) is 56.2 Å². The zero-order chi connectivity index (χ0) is 24.6. The number of hydrogen-bond acceptors (Lipinski definition) is 9. The Morgan fingerprint density at radius 3 is 2.69 bits per heavy atom. The largest absolute Gasteiger partial charge is 0.492 e. The Hall–Kier alpha value is -2.80. The molecule has 0 aliphatic carbocycles. The lowest BCUT2D eigenvalue weighted by molar-refractivity contribution is -0.118. The topological polar surface area (TPSA) is 111 Å². The fourth-order valence-electron chi connectivity index (χ4n) is 2.84. The van der Waals surface area contributed by atoms with E-state index in [-0.39, 0.29) is 23.3 Å². The number of rotatable bonds is 11. The number of carbonyl (C=O) groups is 2. The predicted molar refractivity (Wildman–Crippen MR) is 141 cm³/mol. The summed E-state index contributed by atoms with van der Waals surface area (Å²) in [6.07, 6.45) is 1.59. The van der Waals surface area contributed by atoms with Crippen molar-refractivity contribution in [2.75, 3.05) is 30.0 Å². The van der Waals surface area contributed by atoms with Crippen molar-refractivity contribution < 1.29 is 14.3 Å². The van der Waals surface area contributed by atoms with E-state index in [1.807, 2.05) is 25.2 Å². The number of hydrogen-bond donors (Lipinski definition) is 2. The molecular formula is C22H21ClN6O3S3. The van der Waals surface area contributed by atoms with Gasteiger partial charge in [-0.15, -0.1) is 21.5 Å². The summed E-state index contributed by atoms with van der Waals surface area (Å²) in [4.78, 5) is 29.0. The zero-order valence-electron chi connectivity index (χ0n) is 18.6. The summed E-state index contributed by atoms with van der Waals surface area (Å²) in [6, 6.07) is 12.6. The summed E-state index contributed by atoms with van der Waals surface area (Å²) in [5.74, 6) is 0.959. The Kier molecular flexibility index (Phi) is 8.85. The van der Waals surface area contributed by atoms with Gasteiger partial charge in [-0.05, 0) is 42.5 Å². The molecule has 0 fully saturated rings. The number of ether oxygens (including phenoxy) is 1. The van der Waals surface area contributed by atoms with Crippen LogP contribution in [0.4, 0.5) is 5.69 Å². The number of nitrogens with one attached hydrogen (secondary N) is 2. The van der Waals surface area contributed by atoms with E-state index in [9.17, 15) is 9.59 Å². The highest BCUT2D eigenvalue weighted by Crippen LogP contribution is 2.31. The molecule has 13 heteroatoms. The molecule has 2 N–H and O–H groups in total. The molecule has 0 saturated heterocycles. The SMILES string of the molecule is Cn1cnnc1SCC(=O)Nc1ccc2nc(SCC(=O)NCCOc3ccc(Cl)cc3)sc2c1. The highest BCUT2D eigenvalue weighted by Gasteiger charge is 2.11. The van der Waals surface area contributed by atoms with E-state index < -0.39 is 0 Å². The van der Waals surface area contributed by atoms with Crippen LogP contribution < -0.4 is 15.4 Å². The smallest absolute Gasteiger partial charge is 0.234 e. The first-order valence-electron chi connectivity index (χ1n) is 10.4. The van der Waals surface area contributed by atoms with Gasteiger partial charge in [-0.3, -0.25) is 9.59 Å². The maximum atomic E-state index is 12.3. The molecule has 2 heterocycles. The highest BCUT2D eigenvalue weighted by atomic mass is 35.5. The molecule has 2 aromatic carbocycles. The molecule has 2 amide bonds. The minimum Gasteiger partial charge on any atom is -0.492 e.